The molecule has 0 aromatic heterocycles. The Kier molecular flexibility index (Phi) is 7.64. The molecule has 2 aliphatic heterocycles. The topological polar surface area (TPSA) is 49.6 Å². The molecule has 0 aromatic carbocycles. The largest absolute Gasteiger partial charge is 0.338 e. The van der Waals surface area contributed by atoms with Crippen LogP contribution in [0.4, 0.5) is 0 Å². The summed E-state index contributed by atoms with van der Waals surface area (Å²) in [5, 5.41) is 0. The number of carbonyl (C=O) groups excluding carboxylic acids is 1. The van der Waals surface area contributed by atoms with Gasteiger partial charge in [0, 0.05) is 18.6 Å². The minimum Gasteiger partial charge on any atom is -0.338 e. The molecule has 2 N–H and O–H groups in total. The van der Waals surface area contributed by atoms with Crippen LogP contribution >= 0.6 is 12.4 Å². The van der Waals surface area contributed by atoms with E-state index in [9.17, 15) is 4.79 Å². The van der Waals surface area contributed by atoms with Crippen LogP contribution in [0.3, 0.4) is 0 Å². The van der Waals surface area contributed by atoms with Crippen LogP contribution in [0.2, 0.25) is 0 Å². The highest BCUT2D eigenvalue weighted by Gasteiger charge is 2.36. The quantitative estimate of drug-likeness (QED) is 0.853. The number of hydrogen-bond donors (Lipinski definition) is 1. The van der Waals surface area contributed by atoms with Crippen LogP contribution in [-0.4, -0.2) is 54.0 Å². The molecule has 23 heavy (non-hydrogen) atoms. The average molecular weight is 344 g/mol. The number of nitrogens with two attached hydrogens (primary N) is 1. The number of likely N-dealkylation sites (tertiary alicyclic amines) is 2. The molecule has 1 saturated carbocycles. The van der Waals surface area contributed by atoms with E-state index in [4.69, 9.17) is 5.73 Å². The van der Waals surface area contributed by atoms with E-state index in [1.54, 1.807) is 0 Å². The van der Waals surface area contributed by atoms with Gasteiger partial charge >= 0.3 is 0 Å². The highest BCUT2D eigenvalue weighted by atomic mass is 35.5. The van der Waals surface area contributed by atoms with E-state index < -0.39 is 0 Å². The maximum absolute atomic E-state index is 12.9. The third-order valence-corrected chi connectivity index (χ3v) is 6.15. The Labute approximate surface area is 147 Å². The van der Waals surface area contributed by atoms with Gasteiger partial charge < -0.3 is 10.6 Å². The van der Waals surface area contributed by atoms with Crippen LogP contribution in [0.25, 0.3) is 0 Å². The minimum atomic E-state index is 0. The van der Waals surface area contributed by atoms with E-state index in [0.29, 0.717) is 24.5 Å². The number of carbonyl (C=O) groups is 1. The molecular formula is C18H34ClN3O. The van der Waals surface area contributed by atoms with E-state index in [2.05, 4.69) is 9.80 Å². The molecule has 1 aliphatic carbocycles. The second-order valence-corrected chi connectivity index (χ2v) is 7.54. The van der Waals surface area contributed by atoms with E-state index >= 15 is 0 Å². The van der Waals surface area contributed by atoms with Crippen molar-refractivity contribution in [3.8, 4) is 0 Å². The van der Waals surface area contributed by atoms with Crippen molar-refractivity contribution in [1.29, 1.82) is 0 Å². The van der Waals surface area contributed by atoms with E-state index in [1.165, 1.54) is 57.8 Å². The van der Waals surface area contributed by atoms with Crippen molar-refractivity contribution in [2.75, 3.05) is 26.2 Å². The van der Waals surface area contributed by atoms with Gasteiger partial charge in [-0.15, -0.1) is 12.4 Å². The minimum absolute atomic E-state index is 0. The van der Waals surface area contributed by atoms with Gasteiger partial charge in [-0.3, -0.25) is 9.69 Å². The van der Waals surface area contributed by atoms with E-state index in [0.717, 1.165) is 32.0 Å². The maximum Gasteiger partial charge on any atom is 0.237 e. The standard InChI is InChI=1S/C18H33N3O.ClH/c19-11-10-16-8-3-4-12-20(16)14-18(22)21-13-5-7-15-6-1-2-9-17(15)21;/h15-17H,1-14,19H2;1H. The van der Waals surface area contributed by atoms with Crippen molar-refractivity contribution in [3.05, 3.63) is 0 Å². The molecule has 0 radical (unpaired) electrons. The van der Waals surface area contributed by atoms with Crippen LogP contribution in [-0.2, 0) is 4.79 Å². The third kappa shape index (κ3) is 4.61. The second-order valence-electron chi connectivity index (χ2n) is 7.54. The lowest BCUT2D eigenvalue weighted by atomic mass is 9.78. The predicted molar refractivity (Wildman–Crippen MR) is 96.8 cm³/mol. The summed E-state index contributed by atoms with van der Waals surface area (Å²) in [5.74, 6) is 1.17. The number of rotatable bonds is 4. The Bertz CT molecular complexity index is 375. The summed E-state index contributed by atoms with van der Waals surface area (Å²) in [4.78, 5) is 17.6. The number of piperidine rings is 2. The van der Waals surface area contributed by atoms with Crippen LogP contribution in [0, 0.1) is 5.92 Å². The van der Waals surface area contributed by atoms with Crippen molar-refractivity contribution < 1.29 is 4.79 Å². The lowest BCUT2D eigenvalue weighted by Crippen LogP contribution is -2.54. The van der Waals surface area contributed by atoms with Gasteiger partial charge in [0.15, 0.2) is 0 Å². The lowest BCUT2D eigenvalue weighted by Gasteiger charge is -2.45. The van der Waals surface area contributed by atoms with Gasteiger partial charge in [-0.1, -0.05) is 19.3 Å². The summed E-state index contributed by atoms with van der Waals surface area (Å²) < 4.78 is 0. The normalized spacial score (nSPS) is 32.0. The Balaban J connectivity index is 0.00000192. The fourth-order valence-corrected chi connectivity index (χ4v) is 4.99. The predicted octanol–water partition coefficient (Wildman–Crippen LogP) is 2.79. The molecule has 3 unspecified atom stereocenters. The Morgan fingerprint density at radius 3 is 2.52 bits per heavy atom. The molecule has 5 heteroatoms. The van der Waals surface area contributed by atoms with Gasteiger partial charge in [0.25, 0.3) is 0 Å². The number of halogens is 1. The van der Waals surface area contributed by atoms with Crippen LogP contribution in [0.15, 0.2) is 0 Å². The molecule has 4 nitrogen and oxygen atoms in total. The SMILES string of the molecule is Cl.NCCC1CCCCN1CC(=O)N1CCCC2CCCCC21. The molecule has 1 amide bonds. The molecule has 3 aliphatic rings. The molecule has 0 spiro atoms. The van der Waals surface area contributed by atoms with Gasteiger partial charge in [0.2, 0.25) is 5.91 Å². The van der Waals surface area contributed by atoms with Gasteiger partial charge in [0.05, 0.1) is 6.54 Å². The van der Waals surface area contributed by atoms with Gasteiger partial charge in [-0.05, 0) is 64.0 Å². The second kappa shape index (κ2) is 9.24. The molecule has 0 bridgehead atoms. The molecule has 2 heterocycles. The summed E-state index contributed by atoms with van der Waals surface area (Å²) >= 11 is 0. The van der Waals surface area contributed by atoms with E-state index in [-0.39, 0.29) is 12.4 Å². The zero-order valence-electron chi connectivity index (χ0n) is 14.4. The zero-order valence-corrected chi connectivity index (χ0v) is 15.2. The summed E-state index contributed by atoms with van der Waals surface area (Å²) in [6.45, 7) is 3.45. The lowest BCUT2D eigenvalue weighted by molar-refractivity contribution is -0.139. The van der Waals surface area contributed by atoms with Crippen LogP contribution in [0.5, 0.6) is 0 Å². The Morgan fingerprint density at radius 1 is 0.957 bits per heavy atom. The van der Waals surface area contributed by atoms with Crippen molar-refractivity contribution in [1.82, 2.24) is 9.80 Å². The summed E-state index contributed by atoms with van der Waals surface area (Å²) in [7, 11) is 0. The molecule has 3 fully saturated rings. The summed E-state index contributed by atoms with van der Waals surface area (Å²) in [6, 6.07) is 1.09. The number of hydrogen-bond acceptors (Lipinski definition) is 3. The third-order valence-electron chi connectivity index (χ3n) is 6.15. The summed E-state index contributed by atoms with van der Waals surface area (Å²) in [5.41, 5.74) is 5.76. The summed E-state index contributed by atoms with van der Waals surface area (Å²) in [6.07, 6.45) is 12.6. The molecular weight excluding hydrogens is 310 g/mol. The van der Waals surface area contributed by atoms with Crippen molar-refractivity contribution in [2.24, 2.45) is 11.7 Å². The van der Waals surface area contributed by atoms with Gasteiger partial charge in [-0.2, -0.15) is 0 Å². The monoisotopic (exact) mass is 343 g/mol. The first-order valence-corrected chi connectivity index (χ1v) is 9.53. The van der Waals surface area contributed by atoms with Crippen molar-refractivity contribution in [3.63, 3.8) is 0 Å². The molecule has 2 saturated heterocycles. The molecule has 134 valence electrons. The first-order chi connectivity index (χ1) is 10.8. The average Bonchev–Trinajstić information content (AvgIpc) is 2.56. The maximum atomic E-state index is 12.9. The highest BCUT2D eigenvalue weighted by molar-refractivity contribution is 5.85. The number of nitrogens with zero attached hydrogens (tertiary/aromatic N) is 2. The molecule has 3 atom stereocenters. The molecule has 3 rings (SSSR count). The zero-order chi connectivity index (χ0) is 15.4. The number of amides is 1. The number of fused-ring (bicyclic) bond motifs is 1. The Morgan fingerprint density at radius 2 is 1.70 bits per heavy atom. The fourth-order valence-electron chi connectivity index (χ4n) is 4.99. The van der Waals surface area contributed by atoms with Crippen LogP contribution in [0.1, 0.15) is 64.2 Å². The smallest absolute Gasteiger partial charge is 0.237 e. The Hall–Kier alpha value is -0.320. The fraction of sp³-hybridized carbons (Fsp3) is 0.944. The van der Waals surface area contributed by atoms with Crippen molar-refractivity contribution in [2.45, 2.75) is 76.3 Å². The first-order valence-electron chi connectivity index (χ1n) is 9.53. The van der Waals surface area contributed by atoms with Gasteiger partial charge in [0.1, 0.15) is 0 Å². The van der Waals surface area contributed by atoms with Gasteiger partial charge in [-0.25, -0.2) is 0 Å². The van der Waals surface area contributed by atoms with Crippen LogP contribution < -0.4 is 5.73 Å². The van der Waals surface area contributed by atoms with Crippen molar-refractivity contribution >= 4 is 18.3 Å². The first kappa shape index (κ1) is 19.0. The highest BCUT2D eigenvalue weighted by Crippen LogP contribution is 2.35. The van der Waals surface area contributed by atoms with E-state index in [1.807, 2.05) is 0 Å². The molecule has 0 aromatic rings.